The number of carbonyl (C=O) groups is 1. The lowest BCUT2D eigenvalue weighted by Crippen LogP contribution is -2.19. The third-order valence-corrected chi connectivity index (χ3v) is 4.96. The van der Waals surface area contributed by atoms with E-state index in [2.05, 4.69) is 20.6 Å². The fourth-order valence-corrected chi connectivity index (χ4v) is 3.30. The van der Waals surface area contributed by atoms with Crippen LogP contribution in [0.2, 0.25) is 0 Å². The second-order valence-electron chi connectivity index (χ2n) is 7.02. The van der Waals surface area contributed by atoms with Crippen LogP contribution in [-0.2, 0) is 0 Å². The molecule has 0 unspecified atom stereocenters. The van der Waals surface area contributed by atoms with E-state index in [1.165, 1.54) is 20.4 Å². The molecule has 0 aliphatic carbocycles. The van der Waals surface area contributed by atoms with Crippen LogP contribution >= 0.6 is 0 Å². The molecule has 4 rings (SSSR count). The Hall–Kier alpha value is -4.66. The van der Waals surface area contributed by atoms with Gasteiger partial charge in [0.2, 0.25) is 5.82 Å². The van der Waals surface area contributed by atoms with E-state index < -0.39 is 5.91 Å². The molecule has 0 aliphatic rings. The molecule has 0 spiro atoms. The monoisotopic (exact) mass is 457 g/mol. The van der Waals surface area contributed by atoms with Crippen LogP contribution in [0.15, 0.2) is 77.9 Å². The van der Waals surface area contributed by atoms with Gasteiger partial charge in [0.05, 0.1) is 38.8 Å². The van der Waals surface area contributed by atoms with Gasteiger partial charge in [-0.05, 0) is 12.1 Å². The summed E-state index contributed by atoms with van der Waals surface area (Å²) in [4.78, 5) is 17.3. The molecule has 0 saturated carbocycles. The van der Waals surface area contributed by atoms with E-state index in [-0.39, 0.29) is 5.82 Å². The highest BCUT2D eigenvalue weighted by Gasteiger charge is 2.19. The predicted octanol–water partition coefficient (Wildman–Crippen LogP) is 3.72. The Bertz CT molecular complexity index is 1220. The van der Waals surface area contributed by atoms with Gasteiger partial charge in [0.25, 0.3) is 0 Å². The summed E-state index contributed by atoms with van der Waals surface area (Å²) in [6.07, 6.45) is 1.43. The minimum atomic E-state index is -0.561. The fraction of sp³-hybridized carbons (Fsp3) is 0.120. The summed E-state index contributed by atoms with van der Waals surface area (Å²) in [6.45, 7) is 0. The van der Waals surface area contributed by atoms with E-state index in [9.17, 15) is 4.79 Å². The highest BCUT2D eigenvalue weighted by atomic mass is 16.5. The average molecular weight is 457 g/mol. The minimum absolute atomic E-state index is 0.0199. The largest absolute Gasteiger partial charge is 0.496 e. The van der Waals surface area contributed by atoms with E-state index in [0.29, 0.717) is 28.6 Å². The van der Waals surface area contributed by atoms with Crippen LogP contribution < -0.4 is 19.6 Å². The summed E-state index contributed by atoms with van der Waals surface area (Å²) in [6, 6.07) is 22.4. The molecule has 0 bridgehead atoms. The third-order valence-electron chi connectivity index (χ3n) is 4.96. The van der Waals surface area contributed by atoms with Crippen LogP contribution in [0.5, 0.6) is 17.2 Å². The van der Waals surface area contributed by atoms with Crippen molar-refractivity contribution >= 4 is 12.1 Å². The van der Waals surface area contributed by atoms with Crippen molar-refractivity contribution in [1.82, 2.24) is 20.2 Å². The lowest BCUT2D eigenvalue weighted by molar-refractivity contribution is 0.0945. The molecule has 34 heavy (non-hydrogen) atoms. The standard InChI is InChI=1S/C25H23N5O4/c1-32-19-14-21(33-2)20(22(15-19)34-3)16-26-28-25(31)23-27-24(17-10-6-4-7-11-17)30(29-23)18-12-8-5-9-13-18/h4-16H,1-3H3,(H,28,31)/b26-16+. The topological polar surface area (TPSA) is 99.9 Å². The number of rotatable bonds is 8. The van der Waals surface area contributed by atoms with Crippen molar-refractivity contribution in [2.45, 2.75) is 0 Å². The molecule has 1 amide bonds. The average Bonchev–Trinajstić information content (AvgIpc) is 3.35. The lowest BCUT2D eigenvalue weighted by Gasteiger charge is -2.11. The Labute approximate surface area is 196 Å². The van der Waals surface area contributed by atoms with Crippen LogP contribution in [0.1, 0.15) is 16.2 Å². The molecule has 0 fully saturated rings. The number of hydrogen-bond acceptors (Lipinski definition) is 7. The maximum atomic E-state index is 12.8. The van der Waals surface area contributed by atoms with Crippen molar-refractivity contribution in [3.8, 4) is 34.3 Å². The van der Waals surface area contributed by atoms with Crippen LogP contribution in [-0.4, -0.2) is 48.2 Å². The van der Waals surface area contributed by atoms with Gasteiger partial charge in [-0.25, -0.2) is 15.1 Å². The number of para-hydroxylation sites is 1. The zero-order chi connectivity index (χ0) is 23.9. The Morgan fingerprint density at radius 1 is 0.912 bits per heavy atom. The lowest BCUT2D eigenvalue weighted by atomic mass is 10.2. The molecule has 0 atom stereocenters. The van der Waals surface area contributed by atoms with Crippen LogP contribution in [0, 0.1) is 0 Å². The maximum absolute atomic E-state index is 12.8. The van der Waals surface area contributed by atoms with E-state index in [1.54, 1.807) is 23.9 Å². The van der Waals surface area contributed by atoms with Gasteiger partial charge in [-0.3, -0.25) is 4.79 Å². The number of methoxy groups -OCH3 is 3. The first-order valence-electron chi connectivity index (χ1n) is 10.4. The van der Waals surface area contributed by atoms with E-state index in [4.69, 9.17) is 14.2 Å². The number of hydrazone groups is 1. The summed E-state index contributed by atoms with van der Waals surface area (Å²) in [5.74, 6) is 1.49. The van der Waals surface area contributed by atoms with Gasteiger partial charge in [0.1, 0.15) is 17.2 Å². The first-order chi connectivity index (χ1) is 16.6. The molecule has 1 aromatic heterocycles. The molecule has 1 N–H and O–H groups in total. The quantitative estimate of drug-likeness (QED) is 0.320. The Morgan fingerprint density at radius 3 is 2.12 bits per heavy atom. The van der Waals surface area contributed by atoms with Crippen LogP contribution in [0.25, 0.3) is 17.1 Å². The second kappa shape index (κ2) is 10.3. The Morgan fingerprint density at radius 2 is 1.53 bits per heavy atom. The van der Waals surface area contributed by atoms with Gasteiger partial charge in [-0.15, -0.1) is 5.10 Å². The Kier molecular flexibility index (Phi) is 6.83. The van der Waals surface area contributed by atoms with Gasteiger partial charge in [0, 0.05) is 17.7 Å². The van der Waals surface area contributed by atoms with Gasteiger partial charge in [-0.1, -0.05) is 48.5 Å². The van der Waals surface area contributed by atoms with Crippen LogP contribution in [0.4, 0.5) is 0 Å². The summed E-state index contributed by atoms with van der Waals surface area (Å²) < 4.78 is 17.7. The van der Waals surface area contributed by atoms with Crippen molar-refractivity contribution < 1.29 is 19.0 Å². The minimum Gasteiger partial charge on any atom is -0.496 e. The molecule has 9 heteroatoms. The van der Waals surface area contributed by atoms with Crippen molar-refractivity contribution in [3.05, 3.63) is 84.2 Å². The molecular formula is C25H23N5O4. The SMILES string of the molecule is COc1cc(OC)c(/C=N/NC(=O)c2nc(-c3ccccc3)n(-c3ccccc3)n2)c(OC)c1. The molecule has 3 aromatic carbocycles. The highest BCUT2D eigenvalue weighted by molar-refractivity contribution is 5.93. The number of aromatic nitrogens is 3. The predicted molar refractivity (Wildman–Crippen MR) is 128 cm³/mol. The van der Waals surface area contributed by atoms with Crippen molar-refractivity contribution in [2.75, 3.05) is 21.3 Å². The van der Waals surface area contributed by atoms with Gasteiger partial charge >= 0.3 is 5.91 Å². The zero-order valence-electron chi connectivity index (χ0n) is 18.9. The number of nitrogens with zero attached hydrogens (tertiary/aromatic N) is 4. The first-order valence-corrected chi connectivity index (χ1v) is 10.4. The van der Waals surface area contributed by atoms with Crippen molar-refractivity contribution in [1.29, 1.82) is 0 Å². The molecule has 0 saturated heterocycles. The molecule has 9 nitrogen and oxygen atoms in total. The van der Waals surface area contributed by atoms with E-state index >= 15 is 0 Å². The van der Waals surface area contributed by atoms with Gasteiger partial charge in [-0.2, -0.15) is 5.10 Å². The highest BCUT2D eigenvalue weighted by Crippen LogP contribution is 2.32. The summed E-state index contributed by atoms with van der Waals surface area (Å²) in [7, 11) is 4.60. The molecule has 0 radical (unpaired) electrons. The van der Waals surface area contributed by atoms with Gasteiger partial charge in [0.15, 0.2) is 5.82 Å². The molecule has 172 valence electrons. The molecular weight excluding hydrogens is 434 g/mol. The second-order valence-corrected chi connectivity index (χ2v) is 7.02. The normalized spacial score (nSPS) is 10.8. The van der Waals surface area contributed by atoms with Crippen molar-refractivity contribution in [2.24, 2.45) is 5.10 Å². The summed E-state index contributed by atoms with van der Waals surface area (Å²) in [5.41, 5.74) is 4.62. The number of ether oxygens (including phenoxy) is 3. The number of nitrogens with one attached hydrogen (secondary N) is 1. The first kappa shape index (κ1) is 22.5. The van der Waals surface area contributed by atoms with E-state index in [1.807, 2.05) is 60.7 Å². The van der Waals surface area contributed by atoms with Crippen LogP contribution in [0.3, 0.4) is 0 Å². The molecule has 4 aromatic rings. The van der Waals surface area contributed by atoms with Gasteiger partial charge < -0.3 is 14.2 Å². The summed E-state index contributed by atoms with van der Waals surface area (Å²) in [5, 5.41) is 8.49. The number of benzene rings is 3. The number of hydrogen-bond donors (Lipinski definition) is 1. The van der Waals surface area contributed by atoms with E-state index in [0.717, 1.165) is 11.3 Å². The number of amides is 1. The fourth-order valence-electron chi connectivity index (χ4n) is 3.30. The maximum Gasteiger partial charge on any atom is 0.311 e. The Balaban J connectivity index is 1.62. The molecule has 1 heterocycles. The zero-order valence-corrected chi connectivity index (χ0v) is 18.9. The molecule has 0 aliphatic heterocycles. The smallest absolute Gasteiger partial charge is 0.311 e. The van der Waals surface area contributed by atoms with Crippen molar-refractivity contribution in [3.63, 3.8) is 0 Å². The summed E-state index contributed by atoms with van der Waals surface area (Å²) >= 11 is 0. The third kappa shape index (κ3) is 4.73. The number of carbonyl (C=O) groups excluding carboxylic acids is 1.